The van der Waals surface area contributed by atoms with Gasteiger partial charge in [0.2, 0.25) is 0 Å². The average molecular weight is 519 g/mol. The van der Waals surface area contributed by atoms with Crippen molar-refractivity contribution >= 4 is 28.9 Å². The molecular formula is C29H31FN4O2S. The van der Waals surface area contributed by atoms with Gasteiger partial charge in [-0.3, -0.25) is 4.79 Å². The van der Waals surface area contributed by atoms with Gasteiger partial charge >= 0.3 is 0 Å². The minimum absolute atomic E-state index is 0.199. The van der Waals surface area contributed by atoms with Crippen molar-refractivity contribution in [2.45, 2.75) is 62.5 Å². The van der Waals surface area contributed by atoms with Crippen molar-refractivity contribution in [1.82, 2.24) is 14.6 Å². The first kappa shape index (κ1) is 25.4. The maximum atomic E-state index is 14.0. The smallest absolute Gasteiger partial charge is 0.177 e. The second-order valence-corrected chi connectivity index (χ2v) is 11.7. The van der Waals surface area contributed by atoms with Crippen molar-refractivity contribution in [3.05, 3.63) is 71.2 Å². The molecule has 1 fully saturated rings. The van der Waals surface area contributed by atoms with E-state index in [2.05, 4.69) is 10.3 Å². The molecule has 37 heavy (non-hydrogen) atoms. The Morgan fingerprint density at radius 2 is 1.97 bits per heavy atom. The van der Waals surface area contributed by atoms with Gasteiger partial charge in [0.25, 0.3) is 0 Å². The third-order valence-corrected chi connectivity index (χ3v) is 7.27. The highest BCUT2D eigenvalue weighted by Crippen LogP contribution is 2.35. The second-order valence-electron chi connectivity index (χ2n) is 10.6. The Balaban J connectivity index is 1.54. The fourth-order valence-corrected chi connectivity index (χ4v) is 5.30. The number of aryl methyl sites for hydroxylation is 2. The molecule has 8 heteroatoms. The van der Waals surface area contributed by atoms with Gasteiger partial charge in [-0.05, 0) is 87.9 Å². The first-order valence-corrected chi connectivity index (χ1v) is 13.3. The van der Waals surface area contributed by atoms with Gasteiger partial charge in [0.15, 0.2) is 11.4 Å². The van der Waals surface area contributed by atoms with Crippen LogP contribution in [0.3, 0.4) is 0 Å². The summed E-state index contributed by atoms with van der Waals surface area (Å²) in [5, 5.41) is 19.1. The Morgan fingerprint density at radius 1 is 1.19 bits per heavy atom. The van der Waals surface area contributed by atoms with Gasteiger partial charge in [-0.25, -0.2) is 13.9 Å². The minimum Gasteiger partial charge on any atom is -0.389 e. The molecule has 0 spiro atoms. The normalized spacial score (nSPS) is 13.8. The lowest BCUT2D eigenvalue weighted by Crippen LogP contribution is -2.29. The Morgan fingerprint density at radius 3 is 2.65 bits per heavy atom. The largest absolute Gasteiger partial charge is 0.389 e. The van der Waals surface area contributed by atoms with Crippen LogP contribution >= 0.6 is 11.8 Å². The number of carbonyl (C=O) groups is 1. The molecule has 1 saturated carbocycles. The summed E-state index contributed by atoms with van der Waals surface area (Å²) in [5.41, 5.74) is 4.61. The molecule has 0 unspecified atom stereocenters. The van der Waals surface area contributed by atoms with Crippen LogP contribution < -0.4 is 5.32 Å². The molecule has 4 aromatic rings. The quantitative estimate of drug-likeness (QED) is 0.247. The zero-order valence-electron chi connectivity index (χ0n) is 21.5. The third-order valence-electron chi connectivity index (χ3n) is 6.39. The minimum atomic E-state index is -0.928. The van der Waals surface area contributed by atoms with Gasteiger partial charge in [0, 0.05) is 29.0 Å². The standard InChI is InChI=1S/C29H31FN4O2S/c1-17-9-21(30)13-22(10-17)37-27-14-24(32-16-29(3,4)36)28-31-15-25(34(28)33-27)20-7-8-23(18(2)11-20)26(35)12-19-5-6-19/h7-11,13-15,19,32,36H,5-6,12,16H2,1-4H3. The van der Waals surface area contributed by atoms with Gasteiger partial charge in [0.05, 0.1) is 23.2 Å². The van der Waals surface area contributed by atoms with Crippen LogP contribution in [-0.2, 0) is 0 Å². The molecule has 2 aromatic carbocycles. The van der Waals surface area contributed by atoms with Gasteiger partial charge < -0.3 is 10.4 Å². The summed E-state index contributed by atoms with van der Waals surface area (Å²) >= 11 is 1.36. The zero-order chi connectivity index (χ0) is 26.3. The number of imidazole rings is 1. The number of aromatic nitrogens is 3. The first-order valence-electron chi connectivity index (χ1n) is 12.5. The van der Waals surface area contributed by atoms with E-state index >= 15 is 0 Å². The third kappa shape index (κ3) is 6.02. The molecule has 1 aliphatic carbocycles. The predicted molar refractivity (Wildman–Crippen MR) is 145 cm³/mol. The Labute approximate surface area is 220 Å². The van der Waals surface area contributed by atoms with Crippen LogP contribution in [-0.4, -0.2) is 37.6 Å². The maximum absolute atomic E-state index is 14.0. The van der Waals surface area contributed by atoms with Crippen LogP contribution in [0.25, 0.3) is 16.9 Å². The van der Waals surface area contributed by atoms with Crippen molar-refractivity contribution < 1.29 is 14.3 Å². The summed E-state index contributed by atoms with van der Waals surface area (Å²) < 4.78 is 15.8. The van der Waals surface area contributed by atoms with Crippen LogP contribution in [0.4, 0.5) is 10.1 Å². The van der Waals surface area contributed by atoms with Gasteiger partial charge in [-0.2, -0.15) is 5.10 Å². The molecule has 192 valence electrons. The molecule has 2 aromatic heterocycles. The fraction of sp³-hybridized carbons (Fsp3) is 0.345. The number of hydrogen-bond acceptors (Lipinski definition) is 6. The van der Waals surface area contributed by atoms with E-state index in [0.717, 1.165) is 45.7 Å². The molecule has 0 bridgehead atoms. The molecule has 0 atom stereocenters. The highest BCUT2D eigenvalue weighted by molar-refractivity contribution is 7.99. The monoisotopic (exact) mass is 518 g/mol. The van der Waals surface area contributed by atoms with Gasteiger partial charge in [-0.1, -0.05) is 23.9 Å². The summed E-state index contributed by atoms with van der Waals surface area (Å²) in [7, 11) is 0. The number of benzene rings is 2. The van der Waals surface area contributed by atoms with E-state index in [1.165, 1.54) is 23.9 Å². The van der Waals surface area contributed by atoms with Crippen molar-refractivity contribution in [3.8, 4) is 11.3 Å². The number of anilines is 1. The molecule has 2 heterocycles. The molecule has 1 aliphatic rings. The van der Waals surface area contributed by atoms with E-state index in [0.29, 0.717) is 35.2 Å². The van der Waals surface area contributed by atoms with E-state index in [1.807, 2.05) is 44.2 Å². The highest BCUT2D eigenvalue weighted by Gasteiger charge is 2.26. The molecule has 0 radical (unpaired) electrons. The topological polar surface area (TPSA) is 79.5 Å². The Kier molecular flexibility index (Phi) is 6.81. The SMILES string of the molecule is Cc1cc(F)cc(Sc2cc(NCC(C)(C)O)c3ncc(-c4ccc(C(=O)CC5CC5)c(C)c4)n3n2)c1. The molecule has 2 N–H and O–H groups in total. The predicted octanol–water partition coefficient (Wildman–Crippen LogP) is 6.47. The van der Waals surface area contributed by atoms with Crippen LogP contribution in [0.15, 0.2) is 58.6 Å². The van der Waals surface area contributed by atoms with E-state index < -0.39 is 5.60 Å². The first-order chi connectivity index (χ1) is 17.6. The van der Waals surface area contributed by atoms with E-state index in [-0.39, 0.29) is 11.6 Å². The van der Waals surface area contributed by atoms with Crippen LogP contribution in [0.1, 0.15) is 54.6 Å². The van der Waals surface area contributed by atoms with E-state index in [1.54, 1.807) is 24.6 Å². The molecule has 0 amide bonds. The van der Waals surface area contributed by atoms with Crippen LogP contribution in [0.2, 0.25) is 0 Å². The summed E-state index contributed by atoms with van der Waals surface area (Å²) in [6.45, 7) is 7.60. The summed E-state index contributed by atoms with van der Waals surface area (Å²) in [6.07, 6.45) is 4.68. The highest BCUT2D eigenvalue weighted by atomic mass is 32.2. The Bertz CT molecular complexity index is 1470. The summed E-state index contributed by atoms with van der Waals surface area (Å²) in [5.74, 6) is 0.450. The fourth-order valence-electron chi connectivity index (χ4n) is 4.35. The molecular weight excluding hydrogens is 487 g/mol. The molecule has 0 saturated heterocycles. The average Bonchev–Trinajstić information content (AvgIpc) is 3.51. The summed E-state index contributed by atoms with van der Waals surface area (Å²) in [6, 6.07) is 12.6. The molecule has 0 aliphatic heterocycles. The summed E-state index contributed by atoms with van der Waals surface area (Å²) in [4.78, 5) is 18.1. The number of nitrogens with one attached hydrogen (secondary N) is 1. The molecule has 5 rings (SSSR count). The van der Waals surface area contributed by atoms with Crippen molar-refractivity contribution in [2.75, 3.05) is 11.9 Å². The lowest BCUT2D eigenvalue weighted by molar-refractivity contribution is 0.0943. The zero-order valence-corrected chi connectivity index (χ0v) is 22.3. The number of carbonyl (C=O) groups excluding carboxylic acids is 1. The molecule has 6 nitrogen and oxygen atoms in total. The lowest BCUT2D eigenvalue weighted by Gasteiger charge is -2.19. The van der Waals surface area contributed by atoms with Crippen LogP contribution in [0, 0.1) is 25.6 Å². The van der Waals surface area contributed by atoms with Crippen LogP contribution in [0.5, 0.6) is 0 Å². The maximum Gasteiger partial charge on any atom is 0.177 e. The van der Waals surface area contributed by atoms with Crippen molar-refractivity contribution in [3.63, 3.8) is 0 Å². The van der Waals surface area contributed by atoms with Crippen molar-refractivity contribution in [1.29, 1.82) is 0 Å². The number of aliphatic hydroxyl groups is 1. The van der Waals surface area contributed by atoms with Gasteiger partial charge in [0.1, 0.15) is 10.8 Å². The number of hydrogen-bond donors (Lipinski definition) is 2. The Hall–Kier alpha value is -3.23. The van der Waals surface area contributed by atoms with Crippen molar-refractivity contribution in [2.24, 2.45) is 5.92 Å². The number of nitrogens with zero attached hydrogens (tertiary/aromatic N) is 3. The number of fused-ring (bicyclic) bond motifs is 1. The number of rotatable bonds is 9. The van der Waals surface area contributed by atoms with E-state index in [9.17, 15) is 14.3 Å². The second kappa shape index (κ2) is 9.91. The number of ketones is 1. The van der Waals surface area contributed by atoms with Gasteiger partial charge in [-0.15, -0.1) is 0 Å². The number of Topliss-reactive ketones (excluding diaryl/α,β-unsaturated/α-hetero) is 1. The lowest BCUT2D eigenvalue weighted by atomic mass is 9.98. The van der Waals surface area contributed by atoms with E-state index in [4.69, 9.17) is 5.10 Å². The number of halogens is 1.